The van der Waals surface area contributed by atoms with Crippen LogP contribution in [0.15, 0.2) is 0 Å². The Kier molecular flexibility index (Phi) is 6.36. The summed E-state index contributed by atoms with van der Waals surface area (Å²) in [6.45, 7) is 0. The Morgan fingerprint density at radius 2 is 1.04 bits per heavy atom. The SMILES string of the molecule is O=S(=O)(O)C(F)(F)C(F)(F)C(F)(F)C(F)(F)C(F)C(F)C(F)C(F)F. The van der Waals surface area contributed by atoms with E-state index < -0.39 is 58.1 Å². The van der Waals surface area contributed by atoms with Gasteiger partial charge in [-0.05, 0) is 0 Å². The van der Waals surface area contributed by atoms with Gasteiger partial charge in [-0.3, -0.25) is 4.55 Å². The van der Waals surface area contributed by atoms with E-state index in [-0.39, 0.29) is 0 Å². The zero-order valence-corrected chi connectivity index (χ0v) is 11.7. The van der Waals surface area contributed by atoms with Gasteiger partial charge in [0.05, 0.1) is 0 Å². The molecule has 0 aliphatic heterocycles. The van der Waals surface area contributed by atoms with Gasteiger partial charge in [0.1, 0.15) is 0 Å². The molecule has 0 aromatic heterocycles. The van der Waals surface area contributed by atoms with Crippen LogP contribution < -0.4 is 0 Å². The molecule has 3 unspecified atom stereocenters. The Hall–Kier alpha value is -1.00. The summed E-state index contributed by atoms with van der Waals surface area (Å²) < 4.78 is 192. The highest BCUT2D eigenvalue weighted by molar-refractivity contribution is 7.87. The second-order valence-corrected chi connectivity index (χ2v) is 5.85. The van der Waals surface area contributed by atoms with Crippen molar-refractivity contribution in [2.45, 2.75) is 48.0 Å². The lowest BCUT2D eigenvalue weighted by Gasteiger charge is -2.37. The van der Waals surface area contributed by atoms with E-state index in [1.807, 2.05) is 0 Å². The average Bonchev–Trinajstić information content (AvgIpc) is 2.42. The van der Waals surface area contributed by atoms with Crippen LogP contribution in [0.5, 0.6) is 0 Å². The fraction of sp³-hybridized carbons (Fsp3) is 1.00. The molecule has 3 nitrogen and oxygen atoms in total. The Bertz CT molecular complexity index is 574. The van der Waals surface area contributed by atoms with E-state index in [2.05, 4.69) is 0 Å². The van der Waals surface area contributed by atoms with Crippen LogP contribution in [0.3, 0.4) is 0 Å². The molecular weight excluding hydrogens is 423 g/mol. The van der Waals surface area contributed by atoms with Gasteiger partial charge in [0.2, 0.25) is 6.17 Å². The number of hydrogen-bond donors (Lipinski definition) is 1. The lowest BCUT2D eigenvalue weighted by atomic mass is 9.96. The first-order valence-corrected chi connectivity index (χ1v) is 6.80. The second kappa shape index (κ2) is 6.62. The predicted molar refractivity (Wildman–Crippen MR) is 52.0 cm³/mol. The van der Waals surface area contributed by atoms with Crippen LogP contribution in [0.4, 0.5) is 57.1 Å². The minimum absolute atomic E-state index is 4.53. The zero-order valence-electron chi connectivity index (χ0n) is 10.9. The van der Waals surface area contributed by atoms with Crippen LogP contribution in [0.2, 0.25) is 0 Å². The number of alkyl halides is 13. The van der Waals surface area contributed by atoms with Gasteiger partial charge >= 0.3 is 33.1 Å². The molecule has 0 saturated carbocycles. The smallest absolute Gasteiger partial charge is 0.281 e. The Balaban J connectivity index is 6.13. The van der Waals surface area contributed by atoms with Crippen LogP contribution in [0.1, 0.15) is 0 Å². The summed E-state index contributed by atoms with van der Waals surface area (Å²) in [6.07, 6.45) is -19.5. The minimum Gasteiger partial charge on any atom is -0.281 e. The molecule has 0 rings (SSSR count). The van der Waals surface area contributed by atoms with E-state index in [0.717, 1.165) is 0 Å². The predicted octanol–water partition coefficient (Wildman–Crippen LogP) is 3.65. The van der Waals surface area contributed by atoms with Crippen molar-refractivity contribution in [2.24, 2.45) is 0 Å². The molecule has 152 valence electrons. The van der Waals surface area contributed by atoms with Crippen LogP contribution in [-0.2, 0) is 10.1 Å². The van der Waals surface area contributed by atoms with E-state index in [1.165, 1.54) is 0 Å². The molecule has 0 bridgehead atoms. The van der Waals surface area contributed by atoms with Gasteiger partial charge in [-0.15, -0.1) is 0 Å². The van der Waals surface area contributed by atoms with Crippen molar-refractivity contribution < 1.29 is 70.0 Å². The van der Waals surface area contributed by atoms with Crippen molar-refractivity contribution >= 4 is 10.1 Å². The fourth-order valence-electron chi connectivity index (χ4n) is 1.23. The maximum atomic E-state index is 13.0. The van der Waals surface area contributed by atoms with Crippen LogP contribution in [0.25, 0.3) is 0 Å². The molecule has 0 heterocycles. The molecule has 1 N–H and O–H groups in total. The number of hydrogen-bond acceptors (Lipinski definition) is 2. The Labute approximate surface area is 129 Å². The van der Waals surface area contributed by atoms with E-state index in [1.54, 1.807) is 0 Å². The van der Waals surface area contributed by atoms with Crippen molar-refractivity contribution in [1.29, 1.82) is 0 Å². The largest absolute Gasteiger partial charge is 0.438 e. The van der Waals surface area contributed by atoms with Crippen molar-refractivity contribution in [3.05, 3.63) is 0 Å². The third-order valence-corrected chi connectivity index (χ3v) is 3.58. The van der Waals surface area contributed by atoms with E-state index in [0.29, 0.717) is 0 Å². The average molecular weight is 428 g/mol. The lowest BCUT2D eigenvalue weighted by molar-refractivity contribution is -0.363. The minimum atomic E-state index is -7.77. The first-order chi connectivity index (χ1) is 10.7. The normalized spacial score (nSPS) is 19.0. The molecule has 0 aliphatic rings. The first kappa shape index (κ1) is 24.0. The van der Waals surface area contributed by atoms with Crippen LogP contribution in [-0.4, -0.2) is 60.9 Å². The monoisotopic (exact) mass is 428 g/mol. The summed E-state index contributed by atoms with van der Waals surface area (Å²) in [4.78, 5) is 0. The van der Waals surface area contributed by atoms with Crippen molar-refractivity contribution in [2.75, 3.05) is 0 Å². The molecule has 0 saturated heterocycles. The van der Waals surface area contributed by atoms with Gasteiger partial charge in [-0.2, -0.15) is 43.5 Å². The molecule has 0 aliphatic carbocycles. The molecule has 0 aromatic carbocycles. The van der Waals surface area contributed by atoms with Gasteiger partial charge in [-0.1, -0.05) is 0 Å². The maximum absolute atomic E-state index is 13.0. The summed E-state index contributed by atoms with van der Waals surface area (Å²) in [6, 6.07) is 0. The van der Waals surface area contributed by atoms with E-state index >= 15 is 0 Å². The summed E-state index contributed by atoms with van der Waals surface area (Å²) in [7, 11) is -7.49. The molecule has 25 heavy (non-hydrogen) atoms. The van der Waals surface area contributed by atoms with Gasteiger partial charge < -0.3 is 0 Å². The topological polar surface area (TPSA) is 54.4 Å². The first-order valence-electron chi connectivity index (χ1n) is 5.36. The molecular formula is C8H5F13O3S. The third-order valence-electron chi connectivity index (χ3n) is 2.67. The van der Waals surface area contributed by atoms with Gasteiger partial charge in [-0.25, -0.2) is 22.0 Å². The summed E-state index contributed by atoms with van der Waals surface area (Å²) in [5, 5.41) is -7.34. The Morgan fingerprint density at radius 1 is 0.680 bits per heavy atom. The van der Waals surface area contributed by atoms with Crippen molar-refractivity contribution in [3.8, 4) is 0 Å². The lowest BCUT2D eigenvalue weighted by Crippen LogP contribution is -2.67. The van der Waals surface area contributed by atoms with Gasteiger partial charge in [0.25, 0.3) is 6.43 Å². The summed E-state index contributed by atoms with van der Waals surface area (Å²) in [5.41, 5.74) is 0. The van der Waals surface area contributed by atoms with Gasteiger partial charge in [0.15, 0.2) is 12.3 Å². The van der Waals surface area contributed by atoms with Crippen molar-refractivity contribution in [3.63, 3.8) is 0 Å². The molecule has 0 aromatic rings. The molecule has 3 atom stereocenters. The highest BCUT2D eigenvalue weighted by Crippen LogP contribution is 2.56. The summed E-state index contributed by atoms with van der Waals surface area (Å²) in [5.74, 6) is -22.8. The molecule has 0 fully saturated rings. The van der Waals surface area contributed by atoms with Gasteiger partial charge in [0, 0.05) is 0 Å². The number of halogens is 13. The third kappa shape index (κ3) is 3.61. The maximum Gasteiger partial charge on any atom is 0.438 e. The van der Waals surface area contributed by atoms with Crippen LogP contribution in [0, 0.1) is 0 Å². The second-order valence-electron chi connectivity index (χ2n) is 4.39. The molecule has 0 amide bonds. The zero-order chi connectivity index (χ0) is 20.8. The fourth-order valence-corrected chi connectivity index (χ4v) is 1.68. The quantitative estimate of drug-likeness (QED) is 0.475. The van der Waals surface area contributed by atoms with E-state index in [4.69, 9.17) is 4.55 Å². The van der Waals surface area contributed by atoms with E-state index in [9.17, 15) is 65.5 Å². The van der Waals surface area contributed by atoms with Crippen molar-refractivity contribution in [1.82, 2.24) is 0 Å². The molecule has 0 spiro atoms. The summed E-state index contributed by atoms with van der Waals surface area (Å²) >= 11 is 0. The highest BCUT2D eigenvalue weighted by atomic mass is 32.2. The number of rotatable bonds is 8. The highest BCUT2D eigenvalue weighted by Gasteiger charge is 2.86. The van der Waals surface area contributed by atoms with Crippen LogP contribution >= 0.6 is 0 Å². The molecule has 0 radical (unpaired) electrons. The standard InChI is InChI=1S/C8H5F13O3S/c9-1(2(10)4(12)13)3(11)5(14,15)6(16,17)7(18,19)8(20,21)25(22,23)24/h1-4H,(H,22,23,24). The molecule has 17 heteroatoms. The Morgan fingerprint density at radius 3 is 1.32 bits per heavy atom.